The Morgan fingerprint density at radius 2 is 1.91 bits per heavy atom. The van der Waals surface area contributed by atoms with Crippen molar-refractivity contribution in [3.05, 3.63) is 0 Å². The van der Waals surface area contributed by atoms with Gasteiger partial charge in [0.15, 0.2) is 0 Å². The molecular weight excluding hydrogens is 144 g/mol. The van der Waals surface area contributed by atoms with Gasteiger partial charge in [-0.05, 0) is 5.41 Å². The Bertz CT molecular complexity index is 124. The highest BCUT2D eigenvalue weighted by atomic mass is 16.5. The highest BCUT2D eigenvalue weighted by Gasteiger charge is 2.16. The Kier molecular flexibility index (Phi) is 4.11. The maximum Gasteiger partial charge on any atom is 0.306 e. The summed E-state index contributed by atoms with van der Waals surface area (Å²) in [5.74, 6) is -0.284. The predicted molar refractivity (Wildman–Crippen MR) is 40.6 cm³/mol. The minimum atomic E-state index is -0.351. The first-order valence-corrected chi connectivity index (χ1v) is 3.69. The van der Waals surface area contributed by atoms with Gasteiger partial charge >= 0.3 is 5.97 Å². The van der Waals surface area contributed by atoms with Gasteiger partial charge in [-0.2, -0.15) is 0 Å². The number of hydrogen-bond acceptors (Lipinski definition) is 2. The second-order valence-electron chi connectivity index (χ2n) is 3.66. The molecule has 0 heterocycles. The van der Waals surface area contributed by atoms with Crippen molar-refractivity contribution in [3.8, 4) is 0 Å². The minimum absolute atomic E-state index is 0.00505. The third-order valence-electron chi connectivity index (χ3n) is 1.02. The molecule has 11 heavy (non-hydrogen) atoms. The molecule has 1 radical (unpaired) electrons. The van der Waals surface area contributed by atoms with E-state index in [1.54, 1.807) is 0 Å². The summed E-state index contributed by atoms with van der Waals surface area (Å²) in [5.41, 5.74) is -0.0556. The van der Waals surface area contributed by atoms with Gasteiger partial charge in [0.25, 0.3) is 0 Å². The summed E-state index contributed by atoms with van der Waals surface area (Å²) >= 11 is 0. The van der Waals surface area contributed by atoms with Crippen molar-refractivity contribution >= 4 is 5.97 Å². The van der Waals surface area contributed by atoms with Crippen LogP contribution < -0.4 is 0 Å². The van der Waals surface area contributed by atoms with Gasteiger partial charge in [-0.1, -0.05) is 20.8 Å². The first-order valence-electron chi connectivity index (χ1n) is 3.69. The van der Waals surface area contributed by atoms with Crippen LogP contribution in [-0.2, 0) is 14.6 Å². The summed E-state index contributed by atoms with van der Waals surface area (Å²) in [7, 11) is 0. The zero-order chi connectivity index (χ0) is 8.91. The average Bonchev–Trinajstić information content (AvgIpc) is 1.79. The highest BCUT2D eigenvalue weighted by Crippen LogP contribution is 2.18. The van der Waals surface area contributed by atoms with Crippen LogP contribution >= 0.6 is 0 Å². The van der Waals surface area contributed by atoms with Crippen LogP contribution in [0.2, 0.25) is 0 Å². The molecule has 0 saturated heterocycles. The molecule has 0 aliphatic carbocycles. The largest absolute Gasteiger partial charge is 0.463 e. The zero-order valence-electron chi connectivity index (χ0n) is 7.35. The van der Waals surface area contributed by atoms with Crippen molar-refractivity contribution in [2.75, 3.05) is 13.2 Å². The Morgan fingerprint density at radius 3 is 2.27 bits per heavy atom. The molecule has 0 aromatic heterocycles. The molecule has 0 rings (SSSR count). The summed E-state index contributed by atoms with van der Waals surface area (Å²) < 4.78 is 4.62. The third-order valence-corrected chi connectivity index (χ3v) is 1.02. The van der Waals surface area contributed by atoms with Gasteiger partial charge in [0, 0.05) is 0 Å². The molecule has 0 aromatic carbocycles. The third kappa shape index (κ3) is 7.33. The highest BCUT2D eigenvalue weighted by molar-refractivity contribution is 5.70. The molecule has 0 N–H and O–H groups in total. The van der Waals surface area contributed by atoms with Gasteiger partial charge in [-0.3, -0.25) is 4.79 Å². The lowest BCUT2D eigenvalue weighted by atomic mass is 9.93. The lowest BCUT2D eigenvalue weighted by Gasteiger charge is -2.15. The molecule has 0 fully saturated rings. The van der Waals surface area contributed by atoms with Crippen molar-refractivity contribution in [2.24, 2.45) is 5.41 Å². The standard InChI is InChI=1S/C8H15O3/c1-8(2,3)6-7(10)11-5-4-9/h4-6H2,1-3H3. The van der Waals surface area contributed by atoms with Crippen molar-refractivity contribution in [2.45, 2.75) is 27.2 Å². The molecule has 3 nitrogen and oxygen atoms in total. The molecule has 65 valence electrons. The van der Waals surface area contributed by atoms with E-state index in [0.717, 1.165) is 0 Å². The van der Waals surface area contributed by atoms with Crippen molar-refractivity contribution in [1.82, 2.24) is 0 Å². The Hall–Kier alpha value is -0.570. The number of carbonyl (C=O) groups is 1. The molecule has 0 saturated carbocycles. The fourth-order valence-corrected chi connectivity index (χ4v) is 0.640. The molecule has 0 aliphatic heterocycles. The van der Waals surface area contributed by atoms with Crippen molar-refractivity contribution < 1.29 is 14.6 Å². The number of carbonyl (C=O) groups excluding carboxylic acids is 1. The first kappa shape index (κ1) is 10.4. The first-order chi connectivity index (χ1) is 4.95. The monoisotopic (exact) mass is 159 g/mol. The van der Waals surface area contributed by atoms with Crippen molar-refractivity contribution in [1.29, 1.82) is 0 Å². The predicted octanol–water partition coefficient (Wildman–Crippen LogP) is 1.40. The molecule has 3 heteroatoms. The van der Waals surface area contributed by atoms with E-state index in [-0.39, 0.29) is 24.6 Å². The van der Waals surface area contributed by atoms with E-state index < -0.39 is 0 Å². The fourth-order valence-electron chi connectivity index (χ4n) is 0.640. The lowest BCUT2D eigenvalue weighted by Crippen LogP contribution is -2.16. The van der Waals surface area contributed by atoms with Crippen LogP contribution in [0.25, 0.3) is 0 Å². The molecular formula is C8H15O3. The number of hydrogen-bond donors (Lipinski definition) is 0. The van der Waals surface area contributed by atoms with Crippen LogP contribution in [0, 0.1) is 5.41 Å². The molecule has 0 amide bonds. The zero-order valence-corrected chi connectivity index (χ0v) is 7.35. The molecule has 0 aliphatic rings. The van der Waals surface area contributed by atoms with E-state index in [4.69, 9.17) is 0 Å². The van der Waals surface area contributed by atoms with E-state index in [1.165, 1.54) is 0 Å². The second kappa shape index (κ2) is 4.34. The topological polar surface area (TPSA) is 46.2 Å². The molecule has 0 aromatic rings. The summed E-state index contributed by atoms with van der Waals surface area (Å²) in [5, 5.41) is 9.92. The van der Waals surface area contributed by atoms with E-state index >= 15 is 0 Å². The Labute approximate surface area is 67.4 Å². The van der Waals surface area contributed by atoms with Crippen molar-refractivity contribution in [3.63, 3.8) is 0 Å². The van der Waals surface area contributed by atoms with Crippen LogP contribution in [0.5, 0.6) is 0 Å². The quantitative estimate of drug-likeness (QED) is 0.584. The van der Waals surface area contributed by atoms with Gasteiger partial charge < -0.3 is 4.74 Å². The second-order valence-corrected chi connectivity index (χ2v) is 3.66. The summed E-state index contributed by atoms with van der Waals surface area (Å²) in [6.45, 7) is 5.49. The number of rotatable bonds is 3. The van der Waals surface area contributed by atoms with Gasteiger partial charge in [0.2, 0.25) is 0 Å². The summed E-state index contributed by atoms with van der Waals surface area (Å²) in [6, 6.07) is 0. The minimum Gasteiger partial charge on any atom is -0.463 e. The maximum atomic E-state index is 10.9. The average molecular weight is 159 g/mol. The van der Waals surface area contributed by atoms with E-state index in [2.05, 4.69) is 4.74 Å². The number of ether oxygens (including phenoxy) is 1. The van der Waals surface area contributed by atoms with Gasteiger partial charge in [0.05, 0.1) is 6.42 Å². The van der Waals surface area contributed by atoms with Crippen LogP contribution in [0.1, 0.15) is 27.2 Å². The maximum absolute atomic E-state index is 10.9. The van der Waals surface area contributed by atoms with Crippen LogP contribution in [-0.4, -0.2) is 19.2 Å². The molecule has 0 atom stereocenters. The van der Waals surface area contributed by atoms with Crippen LogP contribution in [0.4, 0.5) is 0 Å². The van der Waals surface area contributed by atoms with E-state index in [1.807, 2.05) is 20.8 Å². The van der Waals surface area contributed by atoms with Crippen LogP contribution in [0.15, 0.2) is 0 Å². The van der Waals surface area contributed by atoms with E-state index in [9.17, 15) is 9.90 Å². The normalized spacial score (nSPS) is 11.3. The fraction of sp³-hybridized carbons (Fsp3) is 0.875. The summed E-state index contributed by atoms with van der Waals surface area (Å²) in [4.78, 5) is 10.9. The smallest absolute Gasteiger partial charge is 0.306 e. The summed E-state index contributed by atoms with van der Waals surface area (Å²) in [6.07, 6.45) is 0.368. The van der Waals surface area contributed by atoms with E-state index in [0.29, 0.717) is 6.42 Å². The molecule has 0 spiro atoms. The molecule has 0 bridgehead atoms. The van der Waals surface area contributed by atoms with Gasteiger partial charge in [-0.25, -0.2) is 5.11 Å². The Morgan fingerprint density at radius 1 is 1.36 bits per heavy atom. The van der Waals surface area contributed by atoms with Gasteiger partial charge in [0.1, 0.15) is 13.2 Å². The number of esters is 1. The van der Waals surface area contributed by atoms with Gasteiger partial charge in [-0.15, -0.1) is 0 Å². The molecule has 0 unspecified atom stereocenters. The van der Waals surface area contributed by atoms with Crippen LogP contribution in [0.3, 0.4) is 0 Å². The SMILES string of the molecule is CC(C)(C)CC(=O)OCC[O]. The Balaban J connectivity index is 3.53. The lowest BCUT2D eigenvalue weighted by molar-refractivity contribution is -0.147.